The van der Waals surface area contributed by atoms with Crippen LogP contribution in [0.3, 0.4) is 0 Å². The Morgan fingerprint density at radius 1 is 1.21 bits per heavy atom. The van der Waals surface area contributed by atoms with Gasteiger partial charge in [0.2, 0.25) is 6.79 Å². The van der Waals surface area contributed by atoms with Crippen LogP contribution in [0.4, 0.5) is 0 Å². The molecule has 4 nitrogen and oxygen atoms in total. The van der Waals surface area contributed by atoms with Crippen LogP contribution in [0.2, 0.25) is 0 Å². The van der Waals surface area contributed by atoms with Gasteiger partial charge in [0.05, 0.1) is 11.6 Å². The SMILES string of the molecule is CC(C(=O)c1ccc2c(c1)OCO2)c1ccccn1. The second-order valence-corrected chi connectivity index (χ2v) is 4.41. The number of ketones is 1. The van der Waals surface area contributed by atoms with Crippen LogP contribution >= 0.6 is 0 Å². The van der Waals surface area contributed by atoms with E-state index in [1.165, 1.54) is 0 Å². The number of ether oxygens (including phenoxy) is 2. The molecule has 0 saturated carbocycles. The van der Waals surface area contributed by atoms with Crippen LogP contribution in [-0.4, -0.2) is 17.6 Å². The third-order valence-electron chi connectivity index (χ3n) is 3.18. The molecule has 1 aliphatic rings. The second kappa shape index (κ2) is 4.72. The van der Waals surface area contributed by atoms with Crippen molar-refractivity contribution in [3.05, 3.63) is 53.9 Å². The number of hydrogen-bond acceptors (Lipinski definition) is 4. The van der Waals surface area contributed by atoms with Gasteiger partial charge in [-0.25, -0.2) is 0 Å². The topological polar surface area (TPSA) is 48.4 Å². The van der Waals surface area contributed by atoms with E-state index in [9.17, 15) is 4.79 Å². The molecule has 0 N–H and O–H groups in total. The van der Waals surface area contributed by atoms with Crippen LogP contribution in [0.5, 0.6) is 11.5 Å². The molecule has 2 aromatic rings. The van der Waals surface area contributed by atoms with Crippen LogP contribution in [0.1, 0.15) is 28.9 Å². The molecule has 4 heteroatoms. The van der Waals surface area contributed by atoms with E-state index in [-0.39, 0.29) is 18.5 Å². The fourth-order valence-electron chi connectivity index (χ4n) is 2.07. The van der Waals surface area contributed by atoms with Gasteiger partial charge in [-0.2, -0.15) is 0 Å². The molecule has 3 rings (SSSR count). The number of Topliss-reactive ketones (excluding diaryl/α,β-unsaturated/α-hetero) is 1. The number of nitrogens with zero attached hydrogens (tertiary/aromatic N) is 1. The number of rotatable bonds is 3. The quantitative estimate of drug-likeness (QED) is 0.791. The molecule has 0 spiro atoms. The number of pyridine rings is 1. The largest absolute Gasteiger partial charge is 0.454 e. The van der Waals surface area contributed by atoms with E-state index < -0.39 is 0 Å². The fraction of sp³-hybridized carbons (Fsp3) is 0.200. The maximum atomic E-state index is 12.4. The monoisotopic (exact) mass is 255 g/mol. The summed E-state index contributed by atoms with van der Waals surface area (Å²) in [7, 11) is 0. The van der Waals surface area contributed by atoms with Gasteiger partial charge in [-0.05, 0) is 37.3 Å². The Bertz CT molecular complexity index is 610. The summed E-state index contributed by atoms with van der Waals surface area (Å²) in [6, 6.07) is 10.8. The van der Waals surface area contributed by atoms with E-state index in [0.717, 1.165) is 5.69 Å². The van der Waals surface area contributed by atoms with Gasteiger partial charge in [0.25, 0.3) is 0 Å². The molecule has 19 heavy (non-hydrogen) atoms. The van der Waals surface area contributed by atoms with E-state index in [4.69, 9.17) is 9.47 Å². The molecule has 0 radical (unpaired) electrons. The van der Waals surface area contributed by atoms with Gasteiger partial charge in [0, 0.05) is 11.8 Å². The Morgan fingerprint density at radius 3 is 2.84 bits per heavy atom. The number of hydrogen-bond donors (Lipinski definition) is 0. The first-order chi connectivity index (χ1) is 9.25. The highest BCUT2D eigenvalue weighted by molar-refractivity contribution is 6.01. The smallest absolute Gasteiger partial charge is 0.231 e. The van der Waals surface area contributed by atoms with Crippen molar-refractivity contribution in [2.75, 3.05) is 6.79 Å². The summed E-state index contributed by atoms with van der Waals surface area (Å²) in [4.78, 5) is 16.6. The number of benzene rings is 1. The Balaban J connectivity index is 1.88. The van der Waals surface area contributed by atoms with Crippen LogP contribution in [0.15, 0.2) is 42.6 Å². The molecule has 0 fully saturated rings. The van der Waals surface area contributed by atoms with Gasteiger partial charge in [-0.15, -0.1) is 0 Å². The van der Waals surface area contributed by atoms with Crippen molar-refractivity contribution in [2.45, 2.75) is 12.8 Å². The summed E-state index contributed by atoms with van der Waals surface area (Å²) in [5.74, 6) is 1.06. The lowest BCUT2D eigenvalue weighted by Gasteiger charge is -2.10. The molecule has 1 aromatic heterocycles. The van der Waals surface area contributed by atoms with Crippen LogP contribution < -0.4 is 9.47 Å². The van der Waals surface area contributed by atoms with Gasteiger partial charge >= 0.3 is 0 Å². The highest BCUT2D eigenvalue weighted by Crippen LogP contribution is 2.33. The number of carbonyl (C=O) groups excluding carboxylic acids is 1. The third-order valence-corrected chi connectivity index (χ3v) is 3.18. The summed E-state index contributed by atoms with van der Waals surface area (Å²) >= 11 is 0. The first-order valence-electron chi connectivity index (χ1n) is 6.10. The summed E-state index contributed by atoms with van der Waals surface area (Å²) in [5, 5.41) is 0. The molecule has 1 aromatic carbocycles. The molecule has 96 valence electrons. The first-order valence-corrected chi connectivity index (χ1v) is 6.10. The minimum Gasteiger partial charge on any atom is -0.454 e. The van der Waals surface area contributed by atoms with Crippen molar-refractivity contribution in [1.82, 2.24) is 4.98 Å². The lowest BCUT2D eigenvalue weighted by molar-refractivity contribution is 0.0964. The molecule has 0 bridgehead atoms. The van der Waals surface area contributed by atoms with Crippen molar-refractivity contribution in [3.8, 4) is 11.5 Å². The van der Waals surface area contributed by atoms with Gasteiger partial charge in [-0.1, -0.05) is 6.07 Å². The summed E-state index contributed by atoms with van der Waals surface area (Å²) < 4.78 is 10.5. The fourth-order valence-corrected chi connectivity index (χ4v) is 2.07. The normalized spacial score (nSPS) is 14.2. The summed E-state index contributed by atoms with van der Waals surface area (Å²) in [5.41, 5.74) is 1.38. The highest BCUT2D eigenvalue weighted by Gasteiger charge is 2.21. The van der Waals surface area contributed by atoms with Crippen LogP contribution in [-0.2, 0) is 0 Å². The molecule has 1 aliphatic heterocycles. The minimum absolute atomic E-state index is 0.0250. The molecule has 2 heterocycles. The molecular formula is C15H13NO3. The Hall–Kier alpha value is -2.36. The third kappa shape index (κ3) is 2.17. The summed E-state index contributed by atoms with van der Waals surface area (Å²) in [6.07, 6.45) is 1.69. The maximum absolute atomic E-state index is 12.4. The van der Waals surface area contributed by atoms with Crippen molar-refractivity contribution < 1.29 is 14.3 Å². The highest BCUT2D eigenvalue weighted by atomic mass is 16.7. The van der Waals surface area contributed by atoms with Crippen LogP contribution in [0.25, 0.3) is 0 Å². The zero-order valence-corrected chi connectivity index (χ0v) is 10.5. The van der Waals surface area contributed by atoms with Crippen molar-refractivity contribution in [3.63, 3.8) is 0 Å². The predicted octanol–water partition coefficient (Wildman–Crippen LogP) is 2.80. The van der Waals surface area contributed by atoms with E-state index in [1.54, 1.807) is 24.4 Å². The number of aromatic nitrogens is 1. The van der Waals surface area contributed by atoms with Gasteiger partial charge in [0.15, 0.2) is 17.3 Å². The van der Waals surface area contributed by atoms with Crippen molar-refractivity contribution in [2.24, 2.45) is 0 Å². The standard InChI is InChI=1S/C15H13NO3/c1-10(12-4-2-3-7-16-12)15(17)11-5-6-13-14(8-11)19-9-18-13/h2-8,10H,9H2,1H3. The minimum atomic E-state index is -0.276. The zero-order valence-electron chi connectivity index (χ0n) is 10.5. The molecule has 1 unspecified atom stereocenters. The summed E-state index contributed by atoms with van der Waals surface area (Å²) in [6.45, 7) is 2.07. The lowest BCUT2D eigenvalue weighted by atomic mass is 9.96. The average molecular weight is 255 g/mol. The first kappa shape index (κ1) is 11.7. The van der Waals surface area contributed by atoms with E-state index in [1.807, 2.05) is 25.1 Å². The van der Waals surface area contributed by atoms with Crippen molar-refractivity contribution >= 4 is 5.78 Å². The molecule has 0 amide bonds. The Labute approximate surface area is 111 Å². The Morgan fingerprint density at radius 2 is 2.05 bits per heavy atom. The van der Waals surface area contributed by atoms with E-state index in [0.29, 0.717) is 17.1 Å². The van der Waals surface area contributed by atoms with Crippen molar-refractivity contribution in [1.29, 1.82) is 0 Å². The van der Waals surface area contributed by atoms with E-state index in [2.05, 4.69) is 4.98 Å². The van der Waals surface area contributed by atoms with Gasteiger partial charge in [0.1, 0.15) is 0 Å². The number of carbonyl (C=O) groups is 1. The molecular weight excluding hydrogens is 242 g/mol. The van der Waals surface area contributed by atoms with Crippen LogP contribution in [0, 0.1) is 0 Å². The molecule has 0 aliphatic carbocycles. The lowest BCUT2D eigenvalue weighted by Crippen LogP contribution is -2.10. The zero-order chi connectivity index (χ0) is 13.2. The molecule has 1 atom stereocenters. The molecule has 0 saturated heterocycles. The maximum Gasteiger partial charge on any atom is 0.231 e. The Kier molecular flexibility index (Phi) is 2.91. The van der Waals surface area contributed by atoms with Gasteiger partial charge in [-0.3, -0.25) is 9.78 Å². The second-order valence-electron chi connectivity index (χ2n) is 4.41. The van der Waals surface area contributed by atoms with Gasteiger partial charge < -0.3 is 9.47 Å². The number of fused-ring (bicyclic) bond motifs is 1. The van der Waals surface area contributed by atoms with E-state index >= 15 is 0 Å². The average Bonchev–Trinajstić information content (AvgIpc) is 2.94. The predicted molar refractivity (Wildman–Crippen MR) is 69.5 cm³/mol.